The number of amides is 2. The first-order chi connectivity index (χ1) is 29.0. The number of esters is 2. The van der Waals surface area contributed by atoms with Gasteiger partial charge >= 0.3 is 11.9 Å². The molecular formula is C44H71N5O10S3. The molecule has 2 amide bonds. The molecule has 18 heteroatoms. The fourth-order valence-corrected chi connectivity index (χ4v) is 11.6. The van der Waals surface area contributed by atoms with Crippen molar-refractivity contribution in [3.05, 3.63) is 16.1 Å². The number of thiazole rings is 1. The summed E-state index contributed by atoms with van der Waals surface area (Å²) in [6.07, 6.45) is -4.05. The molecule has 0 aromatic carbocycles. The van der Waals surface area contributed by atoms with E-state index in [-0.39, 0.29) is 11.8 Å². The molecule has 4 heterocycles. The number of cyclic esters (lactones) is 2. The average Bonchev–Trinajstić information content (AvgIpc) is 3.99. The van der Waals surface area contributed by atoms with Gasteiger partial charge in [-0.1, -0.05) is 68.2 Å². The summed E-state index contributed by atoms with van der Waals surface area (Å²) >= 11 is 4.50. The molecule has 350 valence electrons. The van der Waals surface area contributed by atoms with Crippen LogP contribution in [0.1, 0.15) is 113 Å². The van der Waals surface area contributed by atoms with Crippen LogP contribution in [0, 0.1) is 35.5 Å². The maximum atomic E-state index is 14.2. The van der Waals surface area contributed by atoms with Gasteiger partial charge in [-0.25, -0.2) is 9.78 Å². The Labute approximate surface area is 380 Å². The number of carbonyl (C=O) groups excluding carboxylic acids is 4. The van der Waals surface area contributed by atoms with Crippen molar-refractivity contribution >= 4 is 68.7 Å². The zero-order chi connectivity index (χ0) is 46.4. The van der Waals surface area contributed by atoms with E-state index in [9.17, 15) is 34.5 Å². The maximum Gasteiger partial charge on any atom is 0.331 e. The summed E-state index contributed by atoms with van der Waals surface area (Å²) in [5.74, 6) is -5.35. The third kappa shape index (κ3) is 12.0. The normalized spacial score (nSPS) is 34.5. The standard InChI is InChI=1S/C44H71N5O10S3/c1-14-16-23(6)33(51)25(8)36-24(7)29(57-13)17-30-45-28(18-60-30)38-48-44(12,20-61-38)42-49-43(11,19-62-42)41(56)47-31(22(5)15-2)34(52)26(9)39(54)58-35(21(3)4)37(53)46-32(27(10)50)40(55)59-36/h18,21-27,29,31-36,50-52H,14-17,19-20H2,1-13H3,(H,46,53)(H,47,56)/t22-,23+,24-,25-,26+,27+,29-,31-,32-,33-,34-,35-,36-,43+,44+/m0/s1. The number of aliphatic hydroxyl groups excluding tert-OH is 3. The van der Waals surface area contributed by atoms with Crippen LogP contribution in [0.5, 0.6) is 0 Å². The molecule has 15 atom stereocenters. The molecule has 0 fully saturated rings. The van der Waals surface area contributed by atoms with E-state index in [1.807, 2.05) is 53.8 Å². The summed E-state index contributed by atoms with van der Waals surface area (Å²) in [4.78, 5) is 71.0. The molecule has 0 saturated heterocycles. The van der Waals surface area contributed by atoms with Crippen LogP contribution >= 0.6 is 34.9 Å². The van der Waals surface area contributed by atoms with Crippen molar-refractivity contribution in [3.63, 3.8) is 0 Å². The Bertz CT molecular complexity index is 1790. The highest BCUT2D eigenvalue weighted by Crippen LogP contribution is 2.41. The minimum atomic E-state index is -1.57. The van der Waals surface area contributed by atoms with Gasteiger partial charge in [0.05, 0.1) is 46.4 Å². The van der Waals surface area contributed by atoms with Crippen molar-refractivity contribution < 1.29 is 48.7 Å². The average molecular weight is 926 g/mol. The number of carbonyl (C=O) groups is 4. The summed E-state index contributed by atoms with van der Waals surface area (Å²) in [5, 5.41) is 44.0. The van der Waals surface area contributed by atoms with Gasteiger partial charge in [0.2, 0.25) is 5.91 Å². The monoisotopic (exact) mass is 925 g/mol. The highest BCUT2D eigenvalue weighted by atomic mass is 32.2. The Morgan fingerprint density at radius 3 is 2.19 bits per heavy atom. The molecule has 0 spiro atoms. The van der Waals surface area contributed by atoms with Crippen LogP contribution in [0.25, 0.3) is 0 Å². The second kappa shape index (κ2) is 22.1. The molecule has 5 N–H and O–H groups in total. The van der Waals surface area contributed by atoms with E-state index >= 15 is 0 Å². The Balaban J connectivity index is 1.80. The van der Waals surface area contributed by atoms with Crippen LogP contribution < -0.4 is 10.6 Å². The topological polar surface area (TPSA) is 218 Å². The molecule has 0 aliphatic carbocycles. The van der Waals surface area contributed by atoms with Gasteiger partial charge in [-0.2, -0.15) is 0 Å². The molecule has 1 aromatic heterocycles. The molecule has 6 bridgehead atoms. The number of aliphatic hydroxyl groups is 3. The quantitative estimate of drug-likeness (QED) is 0.199. The molecule has 0 saturated carbocycles. The number of nitrogens with zero attached hydrogens (tertiary/aromatic N) is 3. The Morgan fingerprint density at radius 1 is 0.935 bits per heavy atom. The van der Waals surface area contributed by atoms with Gasteiger partial charge in [0.25, 0.3) is 5.91 Å². The van der Waals surface area contributed by atoms with Crippen LogP contribution in [0.15, 0.2) is 15.4 Å². The van der Waals surface area contributed by atoms with Crippen molar-refractivity contribution in [1.82, 2.24) is 15.6 Å². The number of ether oxygens (including phenoxy) is 3. The number of methoxy groups -OCH3 is 1. The van der Waals surface area contributed by atoms with Crippen molar-refractivity contribution in [2.24, 2.45) is 45.5 Å². The largest absolute Gasteiger partial charge is 0.460 e. The number of hydrogen-bond donors (Lipinski definition) is 5. The summed E-state index contributed by atoms with van der Waals surface area (Å²) in [6.45, 7) is 21.4. The van der Waals surface area contributed by atoms with Gasteiger partial charge in [0.1, 0.15) is 27.9 Å². The predicted molar refractivity (Wildman–Crippen MR) is 245 cm³/mol. The lowest BCUT2D eigenvalue weighted by Crippen LogP contribution is -2.57. The van der Waals surface area contributed by atoms with E-state index in [0.29, 0.717) is 30.0 Å². The third-order valence-corrected chi connectivity index (χ3v) is 16.4. The summed E-state index contributed by atoms with van der Waals surface area (Å²) < 4.78 is 18.0. The van der Waals surface area contributed by atoms with Crippen molar-refractivity contribution in [2.45, 2.75) is 169 Å². The van der Waals surface area contributed by atoms with E-state index in [4.69, 9.17) is 29.2 Å². The summed E-state index contributed by atoms with van der Waals surface area (Å²) in [7, 11) is 1.57. The lowest BCUT2D eigenvalue weighted by atomic mass is 9.80. The molecule has 15 nitrogen and oxygen atoms in total. The lowest BCUT2D eigenvalue weighted by molar-refractivity contribution is -0.172. The van der Waals surface area contributed by atoms with E-state index in [1.165, 1.54) is 36.9 Å². The van der Waals surface area contributed by atoms with Crippen LogP contribution in [0.4, 0.5) is 0 Å². The smallest absolute Gasteiger partial charge is 0.331 e. The second-order valence-electron chi connectivity index (χ2n) is 18.4. The highest BCUT2D eigenvalue weighted by Gasteiger charge is 2.48. The van der Waals surface area contributed by atoms with Crippen molar-refractivity contribution in [1.29, 1.82) is 0 Å². The van der Waals surface area contributed by atoms with Crippen LogP contribution in [0.2, 0.25) is 0 Å². The first-order valence-corrected chi connectivity index (χ1v) is 24.9. The van der Waals surface area contributed by atoms with E-state index < -0.39 is 107 Å². The number of fused-ring (bicyclic) bond motifs is 6. The Kier molecular flexibility index (Phi) is 18.5. The van der Waals surface area contributed by atoms with Gasteiger partial charge in [0, 0.05) is 42.3 Å². The molecule has 3 aliphatic rings. The minimum Gasteiger partial charge on any atom is -0.460 e. The summed E-state index contributed by atoms with van der Waals surface area (Å²) in [5.41, 5.74) is -1.17. The van der Waals surface area contributed by atoms with Crippen LogP contribution in [-0.2, 0) is 39.8 Å². The lowest BCUT2D eigenvalue weighted by Gasteiger charge is -2.38. The van der Waals surface area contributed by atoms with Gasteiger partial charge in [-0.05, 0) is 51.9 Å². The molecule has 0 unspecified atom stereocenters. The van der Waals surface area contributed by atoms with Crippen molar-refractivity contribution in [3.8, 4) is 0 Å². The van der Waals surface area contributed by atoms with Gasteiger partial charge in [-0.15, -0.1) is 34.9 Å². The molecule has 4 rings (SSSR count). The van der Waals surface area contributed by atoms with E-state index in [1.54, 1.807) is 39.6 Å². The van der Waals surface area contributed by atoms with Crippen LogP contribution in [-0.4, -0.2) is 133 Å². The Morgan fingerprint density at radius 2 is 1.60 bits per heavy atom. The third-order valence-electron chi connectivity index (χ3n) is 12.8. The molecule has 3 aliphatic heterocycles. The SMILES string of the molecule is CCC[C@@H](C)[C@H](O)[C@H](C)[C@H]1OC(=O)[C@H]([C@@H](C)O)NC(=O)[C@H](C(C)C)OC(=O)[C@H](C)[C@H](O)[C@H]([C@@H](C)CC)NC(=O)[C@@]2(C)CSC(=N2)[C@@]2(C)CSC(=N2)c2csc(n2)C[C@H](OC)[C@@H]1C. The number of nitrogens with one attached hydrogen (secondary N) is 2. The molecule has 0 radical (unpaired) electrons. The molecule has 62 heavy (non-hydrogen) atoms. The van der Waals surface area contributed by atoms with Crippen molar-refractivity contribution in [2.75, 3.05) is 18.6 Å². The van der Waals surface area contributed by atoms with E-state index in [0.717, 1.165) is 27.9 Å². The van der Waals surface area contributed by atoms with Crippen LogP contribution in [0.3, 0.4) is 0 Å². The minimum absolute atomic E-state index is 0.121. The molecular weight excluding hydrogens is 855 g/mol. The maximum absolute atomic E-state index is 14.2. The first-order valence-electron chi connectivity index (χ1n) is 22.0. The number of rotatable bonds is 10. The Hall–Kier alpha value is -2.61. The summed E-state index contributed by atoms with van der Waals surface area (Å²) in [6, 6.07) is -2.44. The first kappa shape index (κ1) is 52.0. The zero-order valence-electron chi connectivity index (χ0n) is 38.7. The molecule has 1 aromatic rings. The fourth-order valence-electron chi connectivity index (χ4n) is 8.15. The van der Waals surface area contributed by atoms with Gasteiger partial charge < -0.3 is 40.2 Å². The van der Waals surface area contributed by atoms with E-state index in [2.05, 4.69) is 10.6 Å². The number of hydrogen-bond acceptors (Lipinski definition) is 16. The van der Waals surface area contributed by atoms with Gasteiger partial charge in [0.15, 0.2) is 12.1 Å². The van der Waals surface area contributed by atoms with Gasteiger partial charge in [-0.3, -0.25) is 24.4 Å². The zero-order valence-corrected chi connectivity index (χ0v) is 41.1. The number of aromatic nitrogens is 1. The highest BCUT2D eigenvalue weighted by molar-refractivity contribution is 8.16. The number of aliphatic imine (C=N–C) groups is 2. The fraction of sp³-hybridized carbons (Fsp3) is 0.795. The number of thioether (sulfide) groups is 2. The predicted octanol–water partition coefficient (Wildman–Crippen LogP) is 4.81. The second-order valence-corrected chi connectivity index (χ2v) is 21.3.